The van der Waals surface area contributed by atoms with Crippen molar-refractivity contribution in [1.82, 2.24) is 9.89 Å². The minimum atomic E-state index is -6.12. The SMILES string of the molecule is CCCc1cccc(C(C)C)c1[N+](CCC)=c1ccc2c(-c3ccccc3S(=O)(=O)[N-]S(=O)(=O)c3c(F)c(F)c(SCOC(=O)NCCOC(=O)C(C)(C)CC)c(F)c3F)c3ccc(N(CCC)c4ccccc4C(C)C)cc3oc-2c1. The van der Waals surface area contributed by atoms with E-state index in [9.17, 15) is 26.4 Å². The highest BCUT2D eigenvalue weighted by Gasteiger charge is 2.33. The number of hydrogen-bond donors (Lipinski definition) is 1. The van der Waals surface area contributed by atoms with Gasteiger partial charge in [-0.15, -0.1) is 0 Å². The summed E-state index contributed by atoms with van der Waals surface area (Å²) in [6.07, 6.45) is 2.66. The Labute approximate surface area is 482 Å². The first-order chi connectivity index (χ1) is 38.9. The zero-order valence-electron chi connectivity index (χ0n) is 47.8. The number of halogens is 4. The second-order valence-electron chi connectivity index (χ2n) is 21.0. The second-order valence-corrected chi connectivity index (χ2v) is 25.3. The van der Waals surface area contributed by atoms with Gasteiger partial charge in [-0.05, 0) is 80.8 Å². The molecule has 0 unspecified atom stereocenters. The molecule has 13 nitrogen and oxygen atoms in total. The summed E-state index contributed by atoms with van der Waals surface area (Å²) in [7, 11) is -11.7. The van der Waals surface area contributed by atoms with Crippen LogP contribution < -0.4 is 20.1 Å². The van der Waals surface area contributed by atoms with Crippen molar-refractivity contribution >= 4 is 71.9 Å². The average molecular weight is 1190 g/mol. The number of nitrogens with zero attached hydrogens (tertiary/aromatic N) is 3. The van der Waals surface area contributed by atoms with Crippen molar-refractivity contribution in [2.45, 2.75) is 128 Å². The van der Waals surface area contributed by atoms with Crippen LogP contribution in [0.25, 0.3) is 37.5 Å². The van der Waals surface area contributed by atoms with Crippen molar-refractivity contribution in [3.05, 3.63) is 153 Å². The quantitative estimate of drug-likeness (QED) is 0.00894. The van der Waals surface area contributed by atoms with Crippen LogP contribution in [0.3, 0.4) is 0 Å². The number of carbonyl (C=O) groups excluding carboxylic acids is 2. The van der Waals surface area contributed by atoms with E-state index in [1.54, 1.807) is 32.9 Å². The second kappa shape index (κ2) is 26.7. The molecule has 82 heavy (non-hydrogen) atoms. The molecule has 2 aliphatic rings. The Bertz CT molecular complexity index is 3740. The Morgan fingerprint density at radius 2 is 1.41 bits per heavy atom. The zero-order chi connectivity index (χ0) is 59.8. The van der Waals surface area contributed by atoms with E-state index >= 15 is 17.6 Å². The van der Waals surface area contributed by atoms with Crippen molar-refractivity contribution in [3.8, 4) is 22.5 Å². The molecule has 1 amide bonds. The Balaban J connectivity index is 1.33. The van der Waals surface area contributed by atoms with Crippen LogP contribution in [0.15, 0.2) is 122 Å². The van der Waals surface area contributed by atoms with E-state index < -0.39 is 81.4 Å². The monoisotopic (exact) mass is 1190 g/mol. The van der Waals surface area contributed by atoms with Crippen LogP contribution in [0.1, 0.15) is 123 Å². The number of anilines is 2. The van der Waals surface area contributed by atoms with Gasteiger partial charge in [-0.2, -0.15) is 4.58 Å². The molecule has 1 heterocycles. The fraction of sp³-hybridized carbons (Fsp3) is 0.371. The third-order valence-corrected chi connectivity index (χ3v) is 18.4. The number of carbonyl (C=O) groups is 2. The highest BCUT2D eigenvalue weighted by molar-refractivity contribution is 8.12. The lowest BCUT2D eigenvalue weighted by Gasteiger charge is -2.29. The predicted octanol–water partition coefficient (Wildman–Crippen LogP) is 15.2. The summed E-state index contributed by atoms with van der Waals surface area (Å²) in [4.78, 5) is 22.2. The summed E-state index contributed by atoms with van der Waals surface area (Å²) in [5.41, 5.74) is 6.50. The van der Waals surface area contributed by atoms with Gasteiger partial charge >= 0.3 is 12.1 Å². The van der Waals surface area contributed by atoms with Crippen molar-refractivity contribution in [2.75, 3.05) is 37.1 Å². The van der Waals surface area contributed by atoms with Crippen LogP contribution >= 0.6 is 11.8 Å². The first-order valence-corrected chi connectivity index (χ1v) is 31.3. The number of fused-ring (bicyclic) bond motifs is 2. The molecule has 0 radical (unpaired) electrons. The number of para-hydroxylation sites is 2. The first-order valence-electron chi connectivity index (χ1n) is 27.4. The van der Waals surface area contributed by atoms with Gasteiger partial charge < -0.3 is 28.2 Å². The number of thioether (sulfide) groups is 1. The molecule has 5 aromatic carbocycles. The number of nitrogens with one attached hydrogen (secondary N) is 1. The predicted molar refractivity (Wildman–Crippen MR) is 315 cm³/mol. The lowest BCUT2D eigenvalue weighted by atomic mass is 9.91. The highest BCUT2D eigenvalue weighted by Crippen LogP contribution is 2.46. The zero-order valence-corrected chi connectivity index (χ0v) is 50.2. The van der Waals surface area contributed by atoms with Gasteiger partial charge in [0.1, 0.15) is 55.4 Å². The smallest absolute Gasteiger partial charge is 0.408 e. The molecule has 0 aromatic heterocycles. The molecule has 0 fully saturated rings. The molecule has 1 aliphatic carbocycles. The van der Waals surface area contributed by atoms with E-state index in [2.05, 4.69) is 97.7 Å². The van der Waals surface area contributed by atoms with Gasteiger partial charge in [0.2, 0.25) is 11.0 Å². The number of benzene rings is 6. The summed E-state index contributed by atoms with van der Waals surface area (Å²) >= 11 is -0.0313. The molecule has 0 saturated carbocycles. The number of sulfonamides is 2. The fourth-order valence-electron chi connectivity index (χ4n) is 9.68. The van der Waals surface area contributed by atoms with Crippen LogP contribution in [-0.2, 0) is 40.7 Å². The first kappa shape index (κ1) is 62.9. The molecule has 1 N–H and O–H groups in total. The van der Waals surface area contributed by atoms with Crippen molar-refractivity contribution < 1.29 is 57.9 Å². The minimum Gasteiger partial charge on any atom is -0.463 e. The third-order valence-electron chi connectivity index (χ3n) is 14.1. The Morgan fingerprint density at radius 3 is 2.07 bits per heavy atom. The molecule has 7 rings (SSSR count). The third kappa shape index (κ3) is 13.5. The molecule has 1 aliphatic heterocycles. The summed E-state index contributed by atoms with van der Waals surface area (Å²) in [6, 6.07) is 31.0. The number of rotatable bonds is 24. The molecule has 20 heteroatoms. The standard InChI is InChI=1S/C62H70F4N4O9S3/c1-11-20-40-21-19-24-44(39(7)8)57(40)70(33-13-3)42-28-30-46-50(36-42)79-49-35-41(69(32-12-2)48-25-17-15-22-43(48)38(5)6)27-29-45(49)52(46)47-23-16-18-26-51(47)81(73,74)68-82(75,76)59-55(65)53(63)58(54(64)56(59)66)80-37-78-61(72)67-31-34-77-60(71)62(9,10)14-4/h15-19,21-30,35-36,38-39H,11-14,20,31-34,37H2,1-10H3,(H,67,72). The van der Waals surface area contributed by atoms with Gasteiger partial charge in [0.05, 0.1) is 27.8 Å². The van der Waals surface area contributed by atoms with Crippen LogP contribution in [0.4, 0.5) is 39.4 Å². The van der Waals surface area contributed by atoms with Gasteiger partial charge in [-0.1, -0.05) is 128 Å². The van der Waals surface area contributed by atoms with Crippen LogP contribution in [0, 0.1) is 28.7 Å². The largest absolute Gasteiger partial charge is 0.463 e. The fourth-order valence-corrected chi connectivity index (χ4v) is 13.4. The van der Waals surface area contributed by atoms with Crippen LogP contribution in [0.2, 0.25) is 0 Å². The lowest BCUT2D eigenvalue weighted by Crippen LogP contribution is -2.31. The van der Waals surface area contributed by atoms with E-state index in [1.807, 2.05) is 36.4 Å². The number of amides is 1. The average Bonchev–Trinajstić information content (AvgIpc) is 3.45. The summed E-state index contributed by atoms with van der Waals surface area (Å²) < 4.78 is 142. The number of ether oxygens (including phenoxy) is 2. The summed E-state index contributed by atoms with van der Waals surface area (Å²) in [5.74, 6) is -10.1. The van der Waals surface area contributed by atoms with Crippen molar-refractivity contribution in [1.29, 1.82) is 0 Å². The van der Waals surface area contributed by atoms with Gasteiger partial charge in [-0.3, -0.25) is 4.79 Å². The molecule has 438 valence electrons. The number of alkyl carbamates (subject to hydrolysis) is 1. The lowest BCUT2D eigenvalue weighted by molar-refractivity contribution is -0.153. The highest BCUT2D eigenvalue weighted by atomic mass is 32.3. The van der Waals surface area contributed by atoms with Crippen molar-refractivity contribution in [2.24, 2.45) is 5.41 Å². The molecule has 5 aromatic rings. The number of aryl methyl sites for hydroxylation is 1. The maximum absolute atomic E-state index is 15.9. The number of esters is 1. The molecular weight excluding hydrogens is 1120 g/mol. The Hall–Kier alpha value is -6.74. The number of hydrogen-bond acceptors (Lipinski definition) is 11. The molecular formula is C62H70F4N4O9S3. The normalized spacial score (nSPS) is 12.6. The molecule has 0 bridgehead atoms. The topological polar surface area (TPSA) is 166 Å². The summed E-state index contributed by atoms with van der Waals surface area (Å²) in [6.45, 7) is 20.8. The molecule has 0 saturated heterocycles. The van der Waals surface area contributed by atoms with E-state index in [0.717, 1.165) is 65.3 Å². The maximum Gasteiger partial charge on any atom is 0.408 e. The van der Waals surface area contributed by atoms with E-state index in [0.29, 0.717) is 41.8 Å². The van der Waals surface area contributed by atoms with Gasteiger partial charge in [0.15, 0.2) is 23.3 Å². The Morgan fingerprint density at radius 1 is 0.744 bits per heavy atom. The molecule has 0 spiro atoms. The van der Waals surface area contributed by atoms with Crippen LogP contribution in [-0.4, -0.2) is 61.1 Å². The molecule has 0 atom stereocenters. The van der Waals surface area contributed by atoms with Crippen molar-refractivity contribution in [3.63, 3.8) is 0 Å². The van der Waals surface area contributed by atoms with Gasteiger partial charge in [0.25, 0.3) is 0 Å². The Kier molecular flexibility index (Phi) is 20.4. The van der Waals surface area contributed by atoms with Gasteiger partial charge in [0, 0.05) is 69.7 Å². The van der Waals surface area contributed by atoms with E-state index in [4.69, 9.17) is 13.9 Å². The summed E-state index contributed by atoms with van der Waals surface area (Å²) in [5, 5.41) is 3.45. The maximum atomic E-state index is 15.9. The minimum absolute atomic E-state index is 0.0313. The van der Waals surface area contributed by atoms with Gasteiger partial charge in [-0.25, -0.2) is 39.2 Å². The van der Waals surface area contributed by atoms with E-state index in [1.165, 1.54) is 23.8 Å². The van der Waals surface area contributed by atoms with Crippen LogP contribution in [0.5, 0.6) is 0 Å². The van der Waals surface area contributed by atoms with E-state index in [-0.39, 0.29) is 47.9 Å².